The molecule has 0 saturated heterocycles. The molecule has 27 heavy (non-hydrogen) atoms. The second-order valence-corrected chi connectivity index (χ2v) is 8.10. The van der Waals surface area contributed by atoms with Crippen molar-refractivity contribution in [1.82, 2.24) is 4.98 Å². The number of halogens is 1. The Hall–Kier alpha value is -2.02. The van der Waals surface area contributed by atoms with Crippen molar-refractivity contribution in [2.24, 2.45) is 0 Å². The van der Waals surface area contributed by atoms with Crippen molar-refractivity contribution < 1.29 is 14.3 Å². The number of carbonyl (C=O) groups excluding carboxylic acids is 1. The summed E-state index contributed by atoms with van der Waals surface area (Å²) in [4.78, 5) is 17.8. The molecule has 0 spiro atoms. The molecule has 4 nitrogen and oxygen atoms in total. The van der Waals surface area contributed by atoms with E-state index >= 15 is 0 Å². The highest BCUT2D eigenvalue weighted by Crippen LogP contribution is 2.27. The summed E-state index contributed by atoms with van der Waals surface area (Å²) in [5, 5.41) is 3.68. The van der Waals surface area contributed by atoms with Gasteiger partial charge in [0.2, 0.25) is 0 Å². The number of thioether (sulfide) groups is 1. The summed E-state index contributed by atoms with van der Waals surface area (Å²) in [5.41, 5.74) is 1.57. The Labute approximate surface area is 171 Å². The molecular formula is C20H18ClNO3S2. The second kappa shape index (κ2) is 9.78. The van der Waals surface area contributed by atoms with E-state index in [9.17, 15) is 4.79 Å². The van der Waals surface area contributed by atoms with Crippen LogP contribution >= 0.6 is 34.7 Å². The van der Waals surface area contributed by atoms with Gasteiger partial charge in [-0.3, -0.25) is 0 Å². The molecule has 0 atom stereocenters. The fraction of sp³-hybridized carbons (Fsp3) is 0.200. The van der Waals surface area contributed by atoms with E-state index in [2.05, 4.69) is 4.98 Å². The van der Waals surface area contributed by atoms with Crippen LogP contribution in [0.5, 0.6) is 5.75 Å². The van der Waals surface area contributed by atoms with Gasteiger partial charge in [0, 0.05) is 21.1 Å². The lowest BCUT2D eigenvalue weighted by molar-refractivity contribution is 0.0446. The van der Waals surface area contributed by atoms with Gasteiger partial charge in [-0.15, -0.1) is 23.1 Å². The third kappa shape index (κ3) is 5.99. The lowest BCUT2D eigenvalue weighted by Gasteiger charge is -2.10. The highest BCUT2D eigenvalue weighted by Gasteiger charge is 2.13. The van der Waals surface area contributed by atoms with Gasteiger partial charge in [-0.1, -0.05) is 29.8 Å². The molecule has 0 aliphatic rings. The Morgan fingerprint density at radius 3 is 2.81 bits per heavy atom. The van der Waals surface area contributed by atoms with E-state index in [0.717, 1.165) is 15.6 Å². The smallest absolute Gasteiger partial charge is 0.339 e. The zero-order valence-electron chi connectivity index (χ0n) is 14.7. The molecular weight excluding hydrogens is 402 g/mol. The van der Waals surface area contributed by atoms with Gasteiger partial charge in [0.15, 0.2) is 0 Å². The summed E-state index contributed by atoms with van der Waals surface area (Å²) < 4.78 is 10.9. The van der Waals surface area contributed by atoms with Gasteiger partial charge in [-0.05, 0) is 37.3 Å². The summed E-state index contributed by atoms with van der Waals surface area (Å²) in [6.07, 6.45) is 0. The molecule has 7 heteroatoms. The first-order valence-electron chi connectivity index (χ1n) is 8.30. The van der Waals surface area contributed by atoms with Crippen molar-refractivity contribution in [3.05, 3.63) is 75.2 Å². The lowest BCUT2D eigenvalue weighted by Crippen LogP contribution is -2.13. The van der Waals surface area contributed by atoms with Crippen molar-refractivity contribution in [3.8, 4) is 5.75 Å². The van der Waals surface area contributed by atoms with Crippen LogP contribution in [-0.4, -0.2) is 24.2 Å². The number of esters is 1. The Kier molecular flexibility index (Phi) is 7.15. The van der Waals surface area contributed by atoms with Crippen LogP contribution in [0.15, 0.2) is 58.8 Å². The minimum absolute atomic E-state index is 0.162. The van der Waals surface area contributed by atoms with Crippen molar-refractivity contribution in [2.75, 3.05) is 13.2 Å². The van der Waals surface area contributed by atoms with Gasteiger partial charge in [-0.2, -0.15) is 0 Å². The highest BCUT2D eigenvalue weighted by atomic mass is 35.5. The van der Waals surface area contributed by atoms with Crippen LogP contribution in [0.25, 0.3) is 0 Å². The number of hydrogen-bond donors (Lipinski definition) is 0. The Balaban J connectivity index is 1.51. The molecule has 0 radical (unpaired) electrons. The molecule has 0 amide bonds. The van der Waals surface area contributed by atoms with Crippen molar-refractivity contribution >= 4 is 40.7 Å². The molecule has 0 bridgehead atoms. The number of aryl methyl sites for hydroxylation is 1. The minimum atomic E-state index is -0.359. The second-order valence-electron chi connectivity index (χ2n) is 5.58. The number of hydrogen-bond acceptors (Lipinski definition) is 6. The highest BCUT2D eigenvalue weighted by molar-refractivity contribution is 7.98. The Morgan fingerprint density at radius 1 is 1.19 bits per heavy atom. The molecule has 0 aliphatic carbocycles. The molecule has 140 valence electrons. The largest absolute Gasteiger partial charge is 0.490 e. The fourth-order valence-electron chi connectivity index (χ4n) is 2.32. The SMILES string of the molecule is Cc1nc(CSc2ccccc2C(=O)OCCOc2cccc(Cl)c2)cs1. The first-order chi connectivity index (χ1) is 13.1. The number of rotatable bonds is 8. The number of carbonyl (C=O) groups is 1. The predicted molar refractivity (Wildman–Crippen MR) is 110 cm³/mol. The summed E-state index contributed by atoms with van der Waals surface area (Å²) in [6, 6.07) is 14.5. The van der Waals surface area contributed by atoms with Crippen molar-refractivity contribution in [1.29, 1.82) is 0 Å². The van der Waals surface area contributed by atoms with E-state index in [4.69, 9.17) is 21.1 Å². The summed E-state index contributed by atoms with van der Waals surface area (Å²) in [5.74, 6) is 1.00. The summed E-state index contributed by atoms with van der Waals surface area (Å²) in [6.45, 7) is 2.41. The first kappa shape index (κ1) is 19.7. The zero-order valence-corrected chi connectivity index (χ0v) is 17.1. The molecule has 0 N–H and O–H groups in total. The van der Waals surface area contributed by atoms with E-state index in [-0.39, 0.29) is 19.2 Å². The number of thiazole rings is 1. The third-order valence-corrected chi connectivity index (χ3v) is 5.69. The quantitative estimate of drug-likeness (QED) is 0.269. The van der Waals surface area contributed by atoms with Gasteiger partial charge < -0.3 is 9.47 Å². The van der Waals surface area contributed by atoms with E-state index in [1.165, 1.54) is 0 Å². The number of aromatic nitrogens is 1. The molecule has 1 aromatic heterocycles. The predicted octanol–water partition coefficient (Wildman–Crippen LogP) is 5.63. The van der Waals surface area contributed by atoms with Gasteiger partial charge in [0.25, 0.3) is 0 Å². The molecule has 0 aliphatic heterocycles. The molecule has 0 saturated carbocycles. The molecule has 2 aromatic carbocycles. The lowest BCUT2D eigenvalue weighted by atomic mass is 10.2. The molecule has 3 aromatic rings. The van der Waals surface area contributed by atoms with Crippen LogP contribution in [0, 0.1) is 6.92 Å². The van der Waals surface area contributed by atoms with Crippen LogP contribution < -0.4 is 4.74 Å². The number of benzene rings is 2. The average molecular weight is 420 g/mol. The standard InChI is InChI=1S/C20H18ClNO3S2/c1-14-22-16(12-26-14)13-27-19-8-3-2-7-18(19)20(23)25-10-9-24-17-6-4-5-15(21)11-17/h2-8,11-12H,9-10,13H2,1H3. The maximum absolute atomic E-state index is 12.4. The third-order valence-electron chi connectivity index (χ3n) is 3.53. The van der Waals surface area contributed by atoms with E-state index < -0.39 is 0 Å². The number of nitrogens with zero attached hydrogens (tertiary/aromatic N) is 1. The number of ether oxygens (including phenoxy) is 2. The Bertz CT molecular complexity index is 914. The normalized spacial score (nSPS) is 10.6. The Morgan fingerprint density at radius 2 is 2.04 bits per heavy atom. The van der Waals surface area contributed by atoms with Gasteiger partial charge in [-0.25, -0.2) is 9.78 Å². The zero-order chi connectivity index (χ0) is 19.1. The topological polar surface area (TPSA) is 48.4 Å². The van der Waals surface area contributed by atoms with Gasteiger partial charge >= 0.3 is 5.97 Å². The monoisotopic (exact) mass is 419 g/mol. The fourth-order valence-corrected chi connectivity index (χ4v) is 4.15. The minimum Gasteiger partial charge on any atom is -0.490 e. The molecule has 0 fully saturated rings. The van der Waals surface area contributed by atoms with Gasteiger partial charge in [0.05, 0.1) is 16.3 Å². The van der Waals surface area contributed by atoms with Crippen LogP contribution in [0.4, 0.5) is 0 Å². The van der Waals surface area contributed by atoms with Crippen molar-refractivity contribution in [3.63, 3.8) is 0 Å². The maximum atomic E-state index is 12.4. The van der Waals surface area contributed by atoms with E-state index in [0.29, 0.717) is 22.1 Å². The first-order valence-corrected chi connectivity index (χ1v) is 10.5. The molecule has 1 heterocycles. The maximum Gasteiger partial charge on any atom is 0.339 e. The van der Waals surface area contributed by atoms with Crippen LogP contribution in [0.2, 0.25) is 5.02 Å². The average Bonchev–Trinajstić information content (AvgIpc) is 3.09. The summed E-state index contributed by atoms with van der Waals surface area (Å²) >= 11 is 9.11. The van der Waals surface area contributed by atoms with Crippen LogP contribution in [0.3, 0.4) is 0 Å². The van der Waals surface area contributed by atoms with Crippen molar-refractivity contribution in [2.45, 2.75) is 17.6 Å². The summed E-state index contributed by atoms with van der Waals surface area (Å²) in [7, 11) is 0. The van der Waals surface area contributed by atoms with Gasteiger partial charge in [0.1, 0.15) is 19.0 Å². The molecule has 0 unspecified atom stereocenters. The van der Waals surface area contributed by atoms with E-state index in [1.807, 2.05) is 30.5 Å². The van der Waals surface area contributed by atoms with E-state index in [1.54, 1.807) is 53.4 Å². The van der Waals surface area contributed by atoms with Crippen LogP contribution in [-0.2, 0) is 10.5 Å². The molecule has 3 rings (SSSR count). The van der Waals surface area contributed by atoms with Crippen LogP contribution in [0.1, 0.15) is 21.1 Å².